The summed E-state index contributed by atoms with van der Waals surface area (Å²) in [5.74, 6) is 0. The van der Waals surface area contributed by atoms with E-state index in [4.69, 9.17) is 4.74 Å². The van der Waals surface area contributed by atoms with Gasteiger partial charge in [-0.05, 0) is 39.9 Å². The lowest BCUT2D eigenvalue weighted by Gasteiger charge is -2.34. The zero-order valence-corrected chi connectivity index (χ0v) is 11.4. The molecule has 0 aliphatic carbocycles. The summed E-state index contributed by atoms with van der Waals surface area (Å²) in [6.07, 6.45) is 3.98. The molecule has 0 aromatic heterocycles. The second kappa shape index (κ2) is 5.77. The van der Waals surface area contributed by atoms with Crippen LogP contribution < -0.4 is 4.72 Å². The molecule has 4 nitrogen and oxygen atoms in total. The standard InChI is InChI=1S/C11H22N2O2S/c1-11(2,3)15-10(14)13-7-5-6-9(8-13)12-16-4/h9,12H,5-8H2,1-4H3. The van der Waals surface area contributed by atoms with E-state index in [2.05, 4.69) is 4.72 Å². The van der Waals surface area contributed by atoms with Crippen molar-refractivity contribution in [2.75, 3.05) is 19.3 Å². The van der Waals surface area contributed by atoms with Gasteiger partial charge in [-0.1, -0.05) is 11.9 Å². The molecule has 1 fully saturated rings. The summed E-state index contributed by atoms with van der Waals surface area (Å²) >= 11 is 1.61. The molecule has 1 amide bonds. The monoisotopic (exact) mass is 246 g/mol. The molecule has 1 N–H and O–H groups in total. The zero-order valence-electron chi connectivity index (χ0n) is 10.6. The van der Waals surface area contributed by atoms with E-state index in [1.807, 2.05) is 27.0 Å². The first-order chi connectivity index (χ1) is 7.42. The molecule has 1 aliphatic heterocycles. The van der Waals surface area contributed by atoms with Crippen LogP contribution in [0.15, 0.2) is 0 Å². The molecule has 0 aromatic rings. The van der Waals surface area contributed by atoms with Gasteiger partial charge < -0.3 is 9.64 Å². The fourth-order valence-corrected chi connectivity index (χ4v) is 2.26. The Hall–Kier alpha value is -0.420. The lowest BCUT2D eigenvalue weighted by atomic mass is 10.1. The molecule has 5 heteroatoms. The second-order valence-corrected chi connectivity index (χ2v) is 5.73. The number of piperidine rings is 1. The molecule has 0 aromatic carbocycles. The molecule has 1 heterocycles. The zero-order chi connectivity index (χ0) is 12.2. The van der Waals surface area contributed by atoms with Gasteiger partial charge >= 0.3 is 6.09 Å². The first-order valence-electron chi connectivity index (χ1n) is 5.69. The molecule has 1 aliphatic rings. The van der Waals surface area contributed by atoms with Crippen molar-refractivity contribution >= 4 is 18.0 Å². The van der Waals surface area contributed by atoms with Crippen molar-refractivity contribution in [1.82, 2.24) is 9.62 Å². The molecule has 1 saturated heterocycles. The third kappa shape index (κ3) is 4.61. The number of ether oxygens (including phenoxy) is 1. The van der Waals surface area contributed by atoms with Crippen molar-refractivity contribution in [3.05, 3.63) is 0 Å². The van der Waals surface area contributed by atoms with Gasteiger partial charge in [0.2, 0.25) is 0 Å². The topological polar surface area (TPSA) is 41.6 Å². The van der Waals surface area contributed by atoms with Gasteiger partial charge in [-0.2, -0.15) is 0 Å². The third-order valence-electron chi connectivity index (χ3n) is 2.36. The molecule has 0 saturated carbocycles. The van der Waals surface area contributed by atoms with Crippen molar-refractivity contribution in [3.63, 3.8) is 0 Å². The van der Waals surface area contributed by atoms with Crippen LogP contribution in [-0.4, -0.2) is 42.0 Å². The fraction of sp³-hybridized carbons (Fsp3) is 0.909. The van der Waals surface area contributed by atoms with Crippen molar-refractivity contribution in [2.45, 2.75) is 45.3 Å². The van der Waals surface area contributed by atoms with E-state index in [-0.39, 0.29) is 6.09 Å². The number of nitrogens with one attached hydrogen (secondary N) is 1. The minimum absolute atomic E-state index is 0.194. The molecular formula is C11H22N2O2S. The highest BCUT2D eigenvalue weighted by atomic mass is 32.2. The molecule has 1 rings (SSSR count). The summed E-state index contributed by atoms with van der Waals surface area (Å²) in [7, 11) is 0. The van der Waals surface area contributed by atoms with Crippen LogP contribution in [-0.2, 0) is 4.74 Å². The summed E-state index contributed by atoms with van der Waals surface area (Å²) in [5, 5.41) is 0. The normalized spacial score (nSPS) is 22.0. The number of carbonyl (C=O) groups excluding carboxylic acids is 1. The molecule has 1 unspecified atom stereocenters. The van der Waals surface area contributed by atoms with Crippen LogP contribution in [0.4, 0.5) is 4.79 Å². The summed E-state index contributed by atoms with van der Waals surface area (Å²) in [6.45, 7) is 7.24. The number of hydrogen-bond acceptors (Lipinski definition) is 4. The highest BCUT2D eigenvalue weighted by Gasteiger charge is 2.27. The van der Waals surface area contributed by atoms with Crippen LogP contribution in [0.25, 0.3) is 0 Å². The van der Waals surface area contributed by atoms with E-state index in [1.54, 1.807) is 16.8 Å². The number of hydrogen-bond donors (Lipinski definition) is 1. The Morgan fingerprint density at radius 1 is 1.50 bits per heavy atom. The van der Waals surface area contributed by atoms with Crippen molar-refractivity contribution < 1.29 is 9.53 Å². The van der Waals surface area contributed by atoms with Gasteiger partial charge in [0, 0.05) is 19.1 Å². The van der Waals surface area contributed by atoms with Gasteiger partial charge in [0.25, 0.3) is 0 Å². The number of rotatable bonds is 2. The van der Waals surface area contributed by atoms with Crippen LogP contribution in [0, 0.1) is 0 Å². The molecular weight excluding hydrogens is 224 g/mol. The average molecular weight is 246 g/mol. The van der Waals surface area contributed by atoms with Crippen molar-refractivity contribution in [3.8, 4) is 0 Å². The fourth-order valence-electron chi connectivity index (χ4n) is 1.73. The van der Waals surface area contributed by atoms with Gasteiger partial charge in [-0.25, -0.2) is 4.79 Å². The van der Waals surface area contributed by atoms with E-state index in [1.165, 1.54) is 0 Å². The molecule has 0 radical (unpaired) electrons. The van der Waals surface area contributed by atoms with E-state index >= 15 is 0 Å². The summed E-state index contributed by atoms with van der Waals surface area (Å²) in [4.78, 5) is 13.6. The number of carbonyl (C=O) groups is 1. The maximum atomic E-state index is 11.8. The van der Waals surface area contributed by atoms with Gasteiger partial charge in [-0.3, -0.25) is 4.72 Å². The van der Waals surface area contributed by atoms with Crippen molar-refractivity contribution in [1.29, 1.82) is 0 Å². The van der Waals surface area contributed by atoms with E-state index in [0.29, 0.717) is 6.04 Å². The highest BCUT2D eigenvalue weighted by Crippen LogP contribution is 2.16. The van der Waals surface area contributed by atoms with Crippen LogP contribution >= 0.6 is 11.9 Å². The predicted molar refractivity (Wildman–Crippen MR) is 67.5 cm³/mol. The Morgan fingerprint density at radius 3 is 2.75 bits per heavy atom. The Labute approximate surface area is 102 Å². The number of nitrogens with zero attached hydrogens (tertiary/aromatic N) is 1. The van der Waals surface area contributed by atoms with Crippen LogP contribution in [0.3, 0.4) is 0 Å². The molecule has 0 bridgehead atoms. The second-order valence-electron chi connectivity index (χ2n) is 5.09. The lowest BCUT2D eigenvalue weighted by Crippen LogP contribution is -2.47. The van der Waals surface area contributed by atoms with Gasteiger partial charge in [0.05, 0.1) is 0 Å². The molecule has 16 heavy (non-hydrogen) atoms. The first kappa shape index (κ1) is 13.6. The largest absolute Gasteiger partial charge is 0.444 e. The minimum Gasteiger partial charge on any atom is -0.444 e. The van der Waals surface area contributed by atoms with E-state index < -0.39 is 5.60 Å². The van der Waals surface area contributed by atoms with E-state index in [9.17, 15) is 4.79 Å². The average Bonchev–Trinajstić information content (AvgIpc) is 2.16. The van der Waals surface area contributed by atoms with E-state index in [0.717, 1.165) is 25.9 Å². The maximum absolute atomic E-state index is 11.8. The number of likely N-dealkylation sites (tertiary alicyclic amines) is 1. The molecule has 0 spiro atoms. The smallest absolute Gasteiger partial charge is 0.410 e. The Morgan fingerprint density at radius 2 is 2.19 bits per heavy atom. The molecule has 1 atom stereocenters. The molecule has 94 valence electrons. The summed E-state index contributed by atoms with van der Waals surface area (Å²) in [5.41, 5.74) is -0.406. The summed E-state index contributed by atoms with van der Waals surface area (Å²) < 4.78 is 8.66. The Kier molecular flexibility index (Phi) is 4.92. The van der Waals surface area contributed by atoms with Gasteiger partial charge in [-0.15, -0.1) is 0 Å². The van der Waals surface area contributed by atoms with Crippen molar-refractivity contribution in [2.24, 2.45) is 0 Å². The van der Waals surface area contributed by atoms with Crippen LogP contribution in [0.5, 0.6) is 0 Å². The SMILES string of the molecule is CSNC1CCCN(C(=O)OC(C)(C)C)C1. The highest BCUT2D eigenvalue weighted by molar-refractivity contribution is 7.96. The lowest BCUT2D eigenvalue weighted by molar-refractivity contribution is 0.0196. The van der Waals surface area contributed by atoms with Gasteiger partial charge in [0.15, 0.2) is 0 Å². The number of amides is 1. The first-order valence-corrected chi connectivity index (χ1v) is 6.91. The quantitative estimate of drug-likeness (QED) is 0.759. The maximum Gasteiger partial charge on any atom is 0.410 e. The minimum atomic E-state index is -0.406. The van der Waals surface area contributed by atoms with Crippen LogP contribution in [0.2, 0.25) is 0 Å². The van der Waals surface area contributed by atoms with Crippen LogP contribution in [0.1, 0.15) is 33.6 Å². The Bertz CT molecular complexity index is 239. The summed E-state index contributed by atoms with van der Waals surface area (Å²) in [6, 6.07) is 0.385. The predicted octanol–water partition coefficient (Wildman–Crippen LogP) is 2.25. The third-order valence-corrected chi connectivity index (χ3v) is 2.93. The van der Waals surface area contributed by atoms with Gasteiger partial charge in [0.1, 0.15) is 5.60 Å². The Balaban J connectivity index is 2.44.